The summed E-state index contributed by atoms with van der Waals surface area (Å²) in [5, 5.41) is 0. The highest BCUT2D eigenvalue weighted by atomic mass is 19.1. The second-order valence-electron chi connectivity index (χ2n) is 4.65. The van der Waals surface area contributed by atoms with Crippen molar-refractivity contribution in [1.29, 1.82) is 0 Å². The Bertz CT molecular complexity index is 591. The summed E-state index contributed by atoms with van der Waals surface area (Å²) in [7, 11) is 0. The molecule has 0 aliphatic carbocycles. The number of carbonyl (C=O) groups is 1. The molecule has 0 aliphatic heterocycles. The zero-order valence-electron chi connectivity index (χ0n) is 11.6. The molecule has 0 heterocycles. The predicted molar refractivity (Wildman–Crippen MR) is 75.2 cm³/mol. The number of benzene rings is 2. The molecule has 0 saturated carbocycles. The molecule has 0 aliphatic rings. The summed E-state index contributed by atoms with van der Waals surface area (Å²) in [6, 6.07) is 11.9. The van der Waals surface area contributed by atoms with Crippen molar-refractivity contribution in [3.8, 4) is 0 Å². The van der Waals surface area contributed by atoms with E-state index in [0.717, 1.165) is 5.56 Å². The largest absolute Gasteiger partial charge is 0.450 e. The molecular formula is C17H15F2O2. The summed E-state index contributed by atoms with van der Waals surface area (Å²) in [5.74, 6) is -1.06. The number of hydrogen-bond acceptors (Lipinski definition) is 2. The van der Waals surface area contributed by atoms with Crippen LogP contribution in [0.25, 0.3) is 0 Å². The Labute approximate surface area is 122 Å². The Morgan fingerprint density at radius 1 is 0.952 bits per heavy atom. The normalized spacial score (nSPS) is 10.7. The lowest BCUT2D eigenvalue weighted by Gasteiger charge is -2.16. The zero-order valence-corrected chi connectivity index (χ0v) is 11.6. The number of halogens is 2. The molecule has 2 rings (SSSR count). The SMILES string of the molecule is CC(=O)O[C](CCc1ccc(F)cc1)c1ccc(F)cc1. The van der Waals surface area contributed by atoms with Crippen molar-refractivity contribution in [1.82, 2.24) is 0 Å². The van der Waals surface area contributed by atoms with Crippen LogP contribution in [0.15, 0.2) is 48.5 Å². The van der Waals surface area contributed by atoms with Crippen molar-refractivity contribution in [3.05, 3.63) is 77.4 Å². The van der Waals surface area contributed by atoms with E-state index in [-0.39, 0.29) is 11.6 Å². The summed E-state index contributed by atoms with van der Waals surface area (Å²) in [5.41, 5.74) is 1.59. The third kappa shape index (κ3) is 4.67. The van der Waals surface area contributed by atoms with E-state index in [9.17, 15) is 13.6 Å². The summed E-state index contributed by atoms with van der Waals surface area (Å²) >= 11 is 0. The molecule has 2 aromatic carbocycles. The lowest BCUT2D eigenvalue weighted by molar-refractivity contribution is -0.139. The van der Waals surface area contributed by atoms with Gasteiger partial charge in [-0.2, -0.15) is 0 Å². The number of hydrogen-bond donors (Lipinski definition) is 0. The average molecular weight is 289 g/mol. The van der Waals surface area contributed by atoms with Gasteiger partial charge in [0.2, 0.25) is 0 Å². The summed E-state index contributed by atoms with van der Waals surface area (Å²) in [4.78, 5) is 11.2. The monoisotopic (exact) mass is 289 g/mol. The standard InChI is InChI=1S/C17H15F2O2/c1-12(20)21-17(14-5-9-16(19)10-6-14)11-4-13-2-7-15(18)8-3-13/h2-3,5-10H,4,11H2,1H3. The molecular weight excluding hydrogens is 274 g/mol. The maximum atomic E-state index is 12.9. The molecule has 109 valence electrons. The molecule has 0 saturated heterocycles. The van der Waals surface area contributed by atoms with Gasteiger partial charge in [0.1, 0.15) is 11.6 Å². The van der Waals surface area contributed by atoms with E-state index in [1.165, 1.54) is 31.2 Å². The van der Waals surface area contributed by atoms with Gasteiger partial charge < -0.3 is 4.74 Å². The van der Waals surface area contributed by atoms with Gasteiger partial charge in [0, 0.05) is 12.5 Å². The highest BCUT2D eigenvalue weighted by molar-refractivity contribution is 5.67. The van der Waals surface area contributed by atoms with E-state index in [2.05, 4.69) is 0 Å². The molecule has 4 heteroatoms. The van der Waals surface area contributed by atoms with E-state index < -0.39 is 5.97 Å². The molecule has 1 radical (unpaired) electrons. The minimum absolute atomic E-state index is 0.290. The van der Waals surface area contributed by atoms with Crippen molar-refractivity contribution >= 4 is 5.97 Å². The van der Waals surface area contributed by atoms with Gasteiger partial charge in [0.05, 0.1) is 0 Å². The average Bonchev–Trinajstić information content (AvgIpc) is 2.46. The molecule has 0 spiro atoms. The van der Waals surface area contributed by atoms with Gasteiger partial charge in [-0.25, -0.2) is 8.78 Å². The molecule has 0 atom stereocenters. The topological polar surface area (TPSA) is 26.3 Å². The highest BCUT2D eigenvalue weighted by Crippen LogP contribution is 2.23. The Balaban J connectivity index is 2.07. The van der Waals surface area contributed by atoms with Crippen LogP contribution in [0.4, 0.5) is 8.78 Å². The van der Waals surface area contributed by atoms with Gasteiger partial charge in [-0.3, -0.25) is 4.79 Å². The fraction of sp³-hybridized carbons (Fsp3) is 0.176. The second kappa shape index (κ2) is 6.97. The van der Waals surface area contributed by atoms with Gasteiger partial charge in [0.25, 0.3) is 0 Å². The number of carbonyl (C=O) groups excluding carboxylic acids is 1. The van der Waals surface area contributed by atoms with Gasteiger partial charge in [-0.15, -0.1) is 0 Å². The lowest BCUT2D eigenvalue weighted by atomic mass is 10.0. The van der Waals surface area contributed by atoms with E-state index >= 15 is 0 Å². The first-order valence-electron chi connectivity index (χ1n) is 6.59. The van der Waals surface area contributed by atoms with Crippen LogP contribution in [0.2, 0.25) is 0 Å². The first-order valence-corrected chi connectivity index (χ1v) is 6.59. The third-order valence-electron chi connectivity index (χ3n) is 2.99. The van der Waals surface area contributed by atoms with Gasteiger partial charge in [-0.1, -0.05) is 24.3 Å². The quantitative estimate of drug-likeness (QED) is 0.776. The van der Waals surface area contributed by atoms with Crippen molar-refractivity contribution < 1.29 is 18.3 Å². The fourth-order valence-electron chi connectivity index (χ4n) is 1.97. The van der Waals surface area contributed by atoms with Crippen LogP contribution >= 0.6 is 0 Å². The molecule has 2 nitrogen and oxygen atoms in total. The van der Waals surface area contributed by atoms with Crippen LogP contribution in [0, 0.1) is 17.7 Å². The lowest BCUT2D eigenvalue weighted by Crippen LogP contribution is -2.10. The van der Waals surface area contributed by atoms with Crippen molar-refractivity contribution in [2.75, 3.05) is 0 Å². The molecule has 21 heavy (non-hydrogen) atoms. The maximum Gasteiger partial charge on any atom is 0.303 e. The molecule has 0 aromatic heterocycles. The smallest absolute Gasteiger partial charge is 0.303 e. The molecule has 0 unspecified atom stereocenters. The van der Waals surface area contributed by atoms with Crippen LogP contribution in [-0.4, -0.2) is 5.97 Å². The Hall–Kier alpha value is -2.23. The molecule has 2 aromatic rings. The van der Waals surface area contributed by atoms with Crippen LogP contribution in [0.3, 0.4) is 0 Å². The first kappa shape index (κ1) is 15.2. The van der Waals surface area contributed by atoms with E-state index in [1.807, 2.05) is 0 Å². The molecule has 0 fully saturated rings. The summed E-state index contributed by atoms with van der Waals surface area (Å²) in [6.07, 6.45) is 1.55. The van der Waals surface area contributed by atoms with Gasteiger partial charge >= 0.3 is 5.97 Å². The van der Waals surface area contributed by atoms with Gasteiger partial charge in [0.15, 0.2) is 6.10 Å². The van der Waals surface area contributed by atoms with Crippen LogP contribution in [-0.2, 0) is 16.0 Å². The fourth-order valence-corrected chi connectivity index (χ4v) is 1.97. The van der Waals surface area contributed by atoms with Crippen LogP contribution in [0.1, 0.15) is 24.5 Å². The van der Waals surface area contributed by atoms with Crippen LogP contribution < -0.4 is 0 Å². The molecule has 0 amide bonds. The number of esters is 1. The number of rotatable bonds is 5. The second-order valence-corrected chi connectivity index (χ2v) is 4.65. The Morgan fingerprint density at radius 3 is 2.00 bits per heavy atom. The summed E-state index contributed by atoms with van der Waals surface area (Å²) < 4.78 is 31.0. The summed E-state index contributed by atoms with van der Waals surface area (Å²) in [6.45, 7) is 1.32. The van der Waals surface area contributed by atoms with Crippen molar-refractivity contribution in [2.45, 2.75) is 19.8 Å². The third-order valence-corrected chi connectivity index (χ3v) is 2.99. The minimum Gasteiger partial charge on any atom is -0.450 e. The van der Waals surface area contributed by atoms with E-state index in [1.54, 1.807) is 24.3 Å². The number of ether oxygens (including phenoxy) is 1. The molecule has 0 bridgehead atoms. The van der Waals surface area contributed by atoms with Crippen molar-refractivity contribution in [2.24, 2.45) is 0 Å². The zero-order chi connectivity index (χ0) is 15.2. The van der Waals surface area contributed by atoms with E-state index in [4.69, 9.17) is 4.74 Å². The first-order chi connectivity index (χ1) is 10.0. The predicted octanol–water partition coefficient (Wildman–Crippen LogP) is 4.04. The Morgan fingerprint density at radius 2 is 1.48 bits per heavy atom. The Kier molecular flexibility index (Phi) is 5.04. The maximum absolute atomic E-state index is 12.9. The highest BCUT2D eigenvalue weighted by Gasteiger charge is 2.16. The van der Waals surface area contributed by atoms with Crippen LogP contribution in [0.5, 0.6) is 0 Å². The molecule has 0 N–H and O–H groups in total. The van der Waals surface area contributed by atoms with E-state index in [0.29, 0.717) is 24.5 Å². The van der Waals surface area contributed by atoms with Gasteiger partial charge in [-0.05, 0) is 42.7 Å². The minimum atomic E-state index is -0.423. The number of aryl methyl sites for hydroxylation is 1. The van der Waals surface area contributed by atoms with Crippen molar-refractivity contribution in [3.63, 3.8) is 0 Å².